The third-order valence-electron chi connectivity index (χ3n) is 5.77. The molecular weight excluding hydrogens is 541 g/mol. The van der Waals surface area contributed by atoms with Gasteiger partial charge in [-0.15, -0.1) is 0 Å². The zero-order chi connectivity index (χ0) is 28.0. The Hall–Kier alpha value is -3.77. The summed E-state index contributed by atoms with van der Waals surface area (Å²) in [6.07, 6.45) is -4.76. The Balaban J connectivity index is 1.50. The maximum absolute atomic E-state index is 13.0. The molecule has 0 radical (unpaired) electrons. The van der Waals surface area contributed by atoms with E-state index in [9.17, 15) is 22.8 Å². The van der Waals surface area contributed by atoms with Gasteiger partial charge in [-0.2, -0.15) is 18.3 Å². The van der Waals surface area contributed by atoms with Gasteiger partial charge in [-0.25, -0.2) is 0 Å². The molecule has 2 aromatic carbocycles. The van der Waals surface area contributed by atoms with Gasteiger partial charge in [0.25, 0.3) is 0 Å². The summed E-state index contributed by atoms with van der Waals surface area (Å²) < 4.78 is 57.5. The Bertz CT molecular complexity index is 1330. The van der Waals surface area contributed by atoms with E-state index in [1.165, 1.54) is 17.9 Å². The minimum Gasteiger partial charge on any atom is -0.487 e. The topological polar surface area (TPSA) is 94.9 Å². The monoisotopic (exact) mass is 566 g/mol. The van der Waals surface area contributed by atoms with Crippen LogP contribution in [0.15, 0.2) is 48.5 Å². The van der Waals surface area contributed by atoms with Gasteiger partial charge in [0.05, 0.1) is 25.4 Å². The molecule has 9 nitrogen and oxygen atoms in total. The second kappa shape index (κ2) is 12.4. The average Bonchev–Trinajstić information content (AvgIpc) is 3.26. The number of amides is 2. The molecule has 208 valence electrons. The van der Waals surface area contributed by atoms with Gasteiger partial charge in [0, 0.05) is 30.2 Å². The van der Waals surface area contributed by atoms with Crippen molar-refractivity contribution >= 4 is 29.1 Å². The molecule has 2 amide bonds. The lowest BCUT2D eigenvalue weighted by Gasteiger charge is -2.23. The number of carbonyl (C=O) groups excluding carboxylic acids is 2. The summed E-state index contributed by atoms with van der Waals surface area (Å²) in [4.78, 5) is 27.3. The Morgan fingerprint density at radius 2 is 1.85 bits per heavy atom. The van der Waals surface area contributed by atoms with Crippen molar-refractivity contribution in [2.75, 3.05) is 38.2 Å². The van der Waals surface area contributed by atoms with E-state index in [4.69, 9.17) is 25.8 Å². The van der Waals surface area contributed by atoms with Crippen LogP contribution in [0.5, 0.6) is 17.2 Å². The minimum atomic E-state index is -4.59. The van der Waals surface area contributed by atoms with Crippen molar-refractivity contribution in [3.05, 3.63) is 64.9 Å². The average molecular weight is 567 g/mol. The number of alkyl halides is 3. The first-order valence-corrected chi connectivity index (χ1v) is 12.4. The highest BCUT2D eigenvalue weighted by molar-refractivity contribution is 6.31. The van der Waals surface area contributed by atoms with Crippen LogP contribution in [-0.4, -0.2) is 59.4 Å². The molecule has 1 aliphatic heterocycles. The number of carbonyl (C=O) groups is 2. The minimum absolute atomic E-state index is 0.0770. The molecule has 0 spiro atoms. The number of rotatable bonds is 3. The van der Waals surface area contributed by atoms with Crippen LogP contribution >= 0.6 is 11.6 Å². The van der Waals surface area contributed by atoms with Crippen molar-refractivity contribution < 1.29 is 37.0 Å². The van der Waals surface area contributed by atoms with Crippen molar-refractivity contribution in [3.8, 4) is 17.2 Å². The van der Waals surface area contributed by atoms with Crippen LogP contribution in [0.4, 0.5) is 18.9 Å². The van der Waals surface area contributed by atoms with E-state index in [1.54, 1.807) is 36.4 Å². The number of anilines is 1. The van der Waals surface area contributed by atoms with Gasteiger partial charge in [-0.05, 0) is 43.3 Å². The molecule has 1 aliphatic rings. The number of nitrogens with zero attached hydrogens (tertiary/aromatic N) is 3. The molecule has 1 N–H and O–H groups in total. The number of para-hydroxylation sites is 2. The number of fused-ring (bicyclic) bond motifs is 2. The van der Waals surface area contributed by atoms with Gasteiger partial charge in [-0.3, -0.25) is 14.3 Å². The highest BCUT2D eigenvalue weighted by Crippen LogP contribution is 2.36. The largest absolute Gasteiger partial charge is 0.487 e. The summed E-state index contributed by atoms with van der Waals surface area (Å²) >= 11 is 6.15. The van der Waals surface area contributed by atoms with Crippen LogP contribution in [0.25, 0.3) is 0 Å². The lowest BCUT2D eigenvalue weighted by molar-refractivity contribution is -0.141. The molecule has 39 heavy (non-hydrogen) atoms. The van der Waals surface area contributed by atoms with Crippen molar-refractivity contribution in [2.24, 2.45) is 0 Å². The molecule has 2 heterocycles. The number of nitrogens with one attached hydrogen (secondary N) is 1. The van der Waals surface area contributed by atoms with Crippen molar-refractivity contribution in [2.45, 2.75) is 26.1 Å². The predicted octanol–water partition coefficient (Wildman–Crippen LogP) is 4.92. The van der Waals surface area contributed by atoms with E-state index in [0.29, 0.717) is 22.3 Å². The molecule has 0 bridgehead atoms. The number of aryl methyl sites for hydroxylation is 2. The van der Waals surface area contributed by atoms with Crippen LogP contribution in [0.2, 0.25) is 5.02 Å². The van der Waals surface area contributed by atoms with Crippen molar-refractivity contribution in [1.29, 1.82) is 0 Å². The van der Waals surface area contributed by atoms with E-state index in [2.05, 4.69) is 10.4 Å². The van der Waals surface area contributed by atoms with Crippen LogP contribution in [0, 0.1) is 6.92 Å². The zero-order valence-corrected chi connectivity index (χ0v) is 21.7. The Morgan fingerprint density at radius 1 is 1.08 bits per heavy atom. The second-order valence-corrected chi connectivity index (χ2v) is 9.09. The summed E-state index contributed by atoms with van der Waals surface area (Å²) in [7, 11) is 0. The molecule has 0 saturated carbocycles. The summed E-state index contributed by atoms with van der Waals surface area (Å²) in [5.74, 6) is 0.229. The summed E-state index contributed by atoms with van der Waals surface area (Å²) in [6, 6.07) is 12.7. The van der Waals surface area contributed by atoms with Crippen molar-refractivity contribution in [1.82, 2.24) is 14.7 Å². The number of halogens is 4. The Kier molecular flexibility index (Phi) is 8.97. The fraction of sp³-hybridized carbons (Fsp3) is 0.346. The van der Waals surface area contributed by atoms with Gasteiger partial charge in [0.15, 0.2) is 22.9 Å². The Labute approximate surface area is 227 Å². The highest BCUT2D eigenvalue weighted by Gasteiger charge is 2.34. The number of hydrogen-bond donors (Lipinski definition) is 1. The van der Waals surface area contributed by atoms with E-state index in [0.717, 1.165) is 10.7 Å². The van der Waals surface area contributed by atoms with E-state index < -0.39 is 23.7 Å². The first-order valence-electron chi connectivity index (χ1n) is 12.1. The van der Waals surface area contributed by atoms with Crippen LogP contribution in [-0.2, 0) is 27.0 Å². The maximum Gasteiger partial charge on any atom is 0.435 e. The summed E-state index contributed by atoms with van der Waals surface area (Å²) in [5.41, 5.74) is -0.478. The molecule has 0 saturated heterocycles. The van der Waals surface area contributed by atoms with Crippen LogP contribution in [0.3, 0.4) is 0 Å². The maximum atomic E-state index is 13.0. The quantitative estimate of drug-likeness (QED) is 0.483. The van der Waals surface area contributed by atoms with Gasteiger partial charge in [0.2, 0.25) is 11.8 Å². The smallest absolute Gasteiger partial charge is 0.435 e. The van der Waals surface area contributed by atoms with Crippen LogP contribution in [0.1, 0.15) is 17.8 Å². The highest BCUT2D eigenvalue weighted by atomic mass is 35.5. The van der Waals surface area contributed by atoms with E-state index >= 15 is 0 Å². The number of hydrogen-bond acceptors (Lipinski definition) is 6. The molecular formula is C26H26ClF3N4O5. The first kappa shape index (κ1) is 28.2. The molecule has 0 fully saturated rings. The molecule has 4 rings (SSSR count). The first-order chi connectivity index (χ1) is 18.6. The lowest BCUT2D eigenvalue weighted by atomic mass is 10.2. The zero-order valence-electron chi connectivity index (χ0n) is 21.0. The van der Waals surface area contributed by atoms with Gasteiger partial charge in [-0.1, -0.05) is 23.7 Å². The third-order valence-corrected chi connectivity index (χ3v) is 6.01. The lowest BCUT2D eigenvalue weighted by Crippen LogP contribution is -2.40. The SMILES string of the molecule is Cc1cc(C(F)(F)F)nn1CCC(=O)N1CCOCCOc2ccccc2Oc2ccc(Cl)cc2NC(=O)C1. The third kappa shape index (κ3) is 7.64. The fourth-order valence-electron chi connectivity index (χ4n) is 3.84. The number of aromatic nitrogens is 2. The molecule has 0 unspecified atom stereocenters. The number of ether oxygens (including phenoxy) is 3. The van der Waals surface area contributed by atoms with Crippen molar-refractivity contribution in [3.63, 3.8) is 0 Å². The molecule has 3 aromatic rings. The standard InChI is InChI=1S/C26H26ClF3N4O5/c1-17-14-23(26(28,29)30)32-34(17)9-8-25(36)33-10-11-37-12-13-38-21-4-2-3-5-22(21)39-20-7-6-18(27)15-19(20)31-24(35)16-33/h2-7,14-15H,8-13,16H2,1H3,(H,31,35). The Morgan fingerprint density at radius 3 is 2.59 bits per heavy atom. The predicted molar refractivity (Wildman–Crippen MR) is 136 cm³/mol. The van der Waals surface area contributed by atoms with E-state index in [1.807, 2.05) is 0 Å². The second-order valence-electron chi connectivity index (χ2n) is 8.66. The van der Waals surface area contributed by atoms with Gasteiger partial charge in [0.1, 0.15) is 6.61 Å². The van der Waals surface area contributed by atoms with Gasteiger partial charge < -0.3 is 24.4 Å². The van der Waals surface area contributed by atoms with Gasteiger partial charge >= 0.3 is 6.18 Å². The molecule has 0 atom stereocenters. The molecule has 1 aromatic heterocycles. The number of benzene rings is 2. The van der Waals surface area contributed by atoms with E-state index in [-0.39, 0.29) is 57.3 Å². The summed E-state index contributed by atoms with van der Waals surface area (Å²) in [6.45, 7) is 1.67. The molecule has 0 aliphatic carbocycles. The van der Waals surface area contributed by atoms with Crippen LogP contribution < -0.4 is 14.8 Å². The fourth-order valence-corrected chi connectivity index (χ4v) is 4.01. The molecule has 13 heteroatoms. The normalized spacial score (nSPS) is 15.1. The summed E-state index contributed by atoms with van der Waals surface area (Å²) in [5, 5.41) is 6.63.